The lowest BCUT2D eigenvalue weighted by molar-refractivity contribution is -0.0498. The lowest BCUT2D eigenvalue weighted by Crippen LogP contribution is -2.31. The fourth-order valence-corrected chi connectivity index (χ4v) is 1.83. The number of carbonyl (C=O) groups excluding carboxylic acids is 1. The number of urea groups is 1. The first-order chi connectivity index (χ1) is 10.4. The van der Waals surface area contributed by atoms with Crippen molar-refractivity contribution in [2.75, 3.05) is 5.32 Å². The van der Waals surface area contributed by atoms with E-state index < -0.39 is 12.6 Å². The van der Waals surface area contributed by atoms with Crippen molar-refractivity contribution in [1.29, 1.82) is 0 Å². The zero-order chi connectivity index (χ0) is 16.1. The first kappa shape index (κ1) is 15.7. The van der Waals surface area contributed by atoms with Gasteiger partial charge in [0.25, 0.3) is 0 Å². The summed E-state index contributed by atoms with van der Waals surface area (Å²) in [6.45, 7) is -1.04. The highest BCUT2D eigenvalue weighted by molar-refractivity contribution is 5.89. The minimum absolute atomic E-state index is 0.0321. The van der Waals surface area contributed by atoms with E-state index in [1.54, 1.807) is 24.1 Å². The second kappa shape index (κ2) is 6.88. The number of amides is 2. The van der Waals surface area contributed by atoms with Crippen molar-refractivity contribution >= 4 is 11.7 Å². The third-order valence-electron chi connectivity index (χ3n) is 2.91. The predicted octanol–water partition coefficient (Wildman–Crippen LogP) is 2.90. The molecule has 0 aliphatic heterocycles. The van der Waals surface area contributed by atoms with Gasteiger partial charge < -0.3 is 15.4 Å². The normalized spacial score (nSPS) is 12.0. The number of nitrogens with one attached hydrogen (secondary N) is 2. The molecule has 6 nitrogen and oxygen atoms in total. The van der Waals surface area contributed by atoms with Crippen molar-refractivity contribution in [2.45, 2.75) is 19.6 Å². The van der Waals surface area contributed by atoms with Crippen molar-refractivity contribution in [3.05, 3.63) is 42.2 Å². The molecule has 0 spiro atoms. The number of anilines is 1. The van der Waals surface area contributed by atoms with Gasteiger partial charge >= 0.3 is 12.6 Å². The fourth-order valence-electron chi connectivity index (χ4n) is 1.83. The van der Waals surface area contributed by atoms with Crippen LogP contribution in [0, 0.1) is 0 Å². The Morgan fingerprint density at radius 1 is 1.32 bits per heavy atom. The average molecular weight is 310 g/mol. The minimum atomic E-state index is -2.87. The molecule has 118 valence electrons. The van der Waals surface area contributed by atoms with Crippen LogP contribution in [0.4, 0.5) is 19.3 Å². The first-order valence-corrected chi connectivity index (χ1v) is 6.55. The van der Waals surface area contributed by atoms with E-state index in [0.717, 1.165) is 5.56 Å². The maximum atomic E-state index is 12.0. The summed E-state index contributed by atoms with van der Waals surface area (Å²) in [5.41, 5.74) is 1.34. The van der Waals surface area contributed by atoms with E-state index in [9.17, 15) is 13.6 Å². The van der Waals surface area contributed by atoms with Gasteiger partial charge in [0.1, 0.15) is 5.75 Å². The summed E-state index contributed by atoms with van der Waals surface area (Å²) in [6.07, 6.45) is 3.48. The number of benzene rings is 1. The van der Waals surface area contributed by atoms with E-state index in [1.807, 2.05) is 6.92 Å². The molecule has 1 aromatic carbocycles. The first-order valence-electron chi connectivity index (χ1n) is 6.55. The molecule has 2 rings (SSSR count). The number of hydrogen-bond donors (Lipinski definition) is 2. The molecule has 0 aliphatic carbocycles. The Balaban J connectivity index is 1.88. The molecule has 0 saturated heterocycles. The summed E-state index contributed by atoms with van der Waals surface area (Å²) >= 11 is 0. The molecule has 22 heavy (non-hydrogen) atoms. The number of aromatic nitrogens is 2. The van der Waals surface area contributed by atoms with Gasteiger partial charge in [-0.3, -0.25) is 4.68 Å². The molecule has 1 atom stereocenters. The van der Waals surface area contributed by atoms with Crippen molar-refractivity contribution in [1.82, 2.24) is 15.1 Å². The number of carbonyl (C=O) groups is 1. The second-order valence-corrected chi connectivity index (χ2v) is 4.67. The number of nitrogens with zero attached hydrogens (tertiary/aromatic N) is 2. The van der Waals surface area contributed by atoms with Gasteiger partial charge in [0.2, 0.25) is 0 Å². The molecule has 1 heterocycles. The highest BCUT2D eigenvalue weighted by atomic mass is 19.3. The SMILES string of the molecule is C[C@H](NC(=O)Nc1ccc(OC(F)F)cc1)c1cnn(C)c1. The molecule has 0 unspecified atom stereocenters. The maximum Gasteiger partial charge on any atom is 0.387 e. The smallest absolute Gasteiger partial charge is 0.387 e. The van der Waals surface area contributed by atoms with Crippen LogP contribution in [0.15, 0.2) is 36.7 Å². The number of ether oxygens (including phenoxy) is 1. The Labute approximate surface area is 126 Å². The average Bonchev–Trinajstić information content (AvgIpc) is 2.87. The topological polar surface area (TPSA) is 68.2 Å². The quantitative estimate of drug-likeness (QED) is 0.892. The van der Waals surface area contributed by atoms with Crippen molar-refractivity contribution in [3.8, 4) is 5.75 Å². The molecule has 8 heteroatoms. The summed E-state index contributed by atoms with van der Waals surface area (Å²) in [7, 11) is 1.79. The van der Waals surface area contributed by atoms with E-state index in [0.29, 0.717) is 5.69 Å². The Morgan fingerprint density at radius 2 is 2.00 bits per heavy atom. The number of aryl methyl sites for hydroxylation is 1. The van der Waals surface area contributed by atoms with Gasteiger partial charge in [-0.15, -0.1) is 0 Å². The lowest BCUT2D eigenvalue weighted by atomic mass is 10.2. The Hall–Kier alpha value is -2.64. The Morgan fingerprint density at radius 3 is 2.55 bits per heavy atom. The predicted molar refractivity (Wildman–Crippen MR) is 76.9 cm³/mol. The maximum absolute atomic E-state index is 12.0. The van der Waals surface area contributed by atoms with Gasteiger partial charge in [0.15, 0.2) is 0 Å². The largest absolute Gasteiger partial charge is 0.435 e. The van der Waals surface area contributed by atoms with Crippen LogP contribution in [0.5, 0.6) is 5.75 Å². The van der Waals surface area contributed by atoms with Gasteiger partial charge in [0, 0.05) is 24.5 Å². The number of halogens is 2. The lowest BCUT2D eigenvalue weighted by Gasteiger charge is -2.13. The number of rotatable bonds is 5. The van der Waals surface area contributed by atoms with Crippen LogP contribution in [0.2, 0.25) is 0 Å². The van der Waals surface area contributed by atoms with Crippen molar-refractivity contribution < 1.29 is 18.3 Å². The Kier molecular flexibility index (Phi) is 4.92. The van der Waals surface area contributed by atoms with Crippen LogP contribution in [0.1, 0.15) is 18.5 Å². The molecule has 0 fully saturated rings. The summed E-state index contributed by atoms with van der Waals surface area (Å²) in [5.74, 6) is 0.0321. The number of hydrogen-bond acceptors (Lipinski definition) is 3. The molecule has 0 radical (unpaired) electrons. The van der Waals surface area contributed by atoms with E-state index >= 15 is 0 Å². The summed E-state index contributed by atoms with van der Waals surface area (Å²) in [4.78, 5) is 11.9. The molecule has 2 N–H and O–H groups in total. The molecule has 0 bridgehead atoms. The summed E-state index contributed by atoms with van der Waals surface area (Å²) in [5, 5.41) is 9.39. The molecule has 0 aliphatic rings. The minimum Gasteiger partial charge on any atom is -0.435 e. The highest BCUT2D eigenvalue weighted by Crippen LogP contribution is 2.18. The molecule has 0 saturated carbocycles. The van der Waals surface area contributed by atoms with E-state index in [4.69, 9.17) is 0 Å². The summed E-state index contributed by atoms with van der Waals surface area (Å²) < 4.78 is 29.9. The highest BCUT2D eigenvalue weighted by Gasteiger charge is 2.11. The zero-order valence-corrected chi connectivity index (χ0v) is 12.1. The van der Waals surface area contributed by atoms with Crippen molar-refractivity contribution in [2.24, 2.45) is 7.05 Å². The third-order valence-corrected chi connectivity index (χ3v) is 2.91. The fraction of sp³-hybridized carbons (Fsp3) is 0.286. The molecular formula is C14H16F2N4O2. The standard InChI is InChI=1S/C14H16F2N4O2/c1-9(10-7-17-20(2)8-10)18-14(21)19-11-3-5-12(6-4-11)22-13(15)16/h3-9,13H,1-2H3,(H2,18,19,21)/t9-/m0/s1. The van der Waals surface area contributed by atoms with Gasteiger partial charge in [-0.1, -0.05) is 0 Å². The van der Waals surface area contributed by atoms with Gasteiger partial charge in [0.05, 0.1) is 12.2 Å². The second-order valence-electron chi connectivity index (χ2n) is 4.67. The monoisotopic (exact) mass is 310 g/mol. The third kappa shape index (κ3) is 4.44. The van der Waals surface area contributed by atoms with E-state index in [1.165, 1.54) is 24.3 Å². The summed E-state index contributed by atoms with van der Waals surface area (Å²) in [6, 6.07) is 5.05. The number of alkyl halides is 2. The molecule has 1 aromatic heterocycles. The van der Waals surface area contributed by atoms with Crippen molar-refractivity contribution in [3.63, 3.8) is 0 Å². The zero-order valence-electron chi connectivity index (χ0n) is 12.1. The van der Waals surface area contributed by atoms with E-state index in [-0.39, 0.29) is 11.8 Å². The Bertz CT molecular complexity index is 628. The molecule has 2 amide bonds. The van der Waals surface area contributed by atoms with Gasteiger partial charge in [-0.05, 0) is 31.2 Å². The molecular weight excluding hydrogens is 294 g/mol. The van der Waals surface area contributed by atoms with Crippen LogP contribution < -0.4 is 15.4 Å². The van der Waals surface area contributed by atoms with Gasteiger partial charge in [-0.2, -0.15) is 13.9 Å². The van der Waals surface area contributed by atoms with Crippen LogP contribution >= 0.6 is 0 Å². The van der Waals surface area contributed by atoms with Crippen LogP contribution in [-0.2, 0) is 7.05 Å². The molecule has 2 aromatic rings. The van der Waals surface area contributed by atoms with Crippen LogP contribution in [-0.4, -0.2) is 22.4 Å². The van der Waals surface area contributed by atoms with E-state index in [2.05, 4.69) is 20.5 Å². The van der Waals surface area contributed by atoms with Gasteiger partial charge in [-0.25, -0.2) is 4.79 Å². The van der Waals surface area contributed by atoms with Crippen LogP contribution in [0.25, 0.3) is 0 Å². The van der Waals surface area contributed by atoms with Crippen LogP contribution in [0.3, 0.4) is 0 Å².